The molecular formula is C16H21N3O3. The summed E-state index contributed by atoms with van der Waals surface area (Å²) in [4.78, 5) is 21.3. The van der Waals surface area contributed by atoms with Crippen LogP contribution in [0.3, 0.4) is 0 Å². The second-order valence-corrected chi connectivity index (χ2v) is 6.38. The summed E-state index contributed by atoms with van der Waals surface area (Å²) in [6, 6.07) is 0. The normalized spacial score (nSPS) is 17.4. The standard InChI is InChI=1S/C16H21N3O3/c1-15(2,3)22-14(20)19-8-6-16(21,7-9-19)5-4-13-10-17-12-18-11-13/h10-12,21H,6-9H2,1-3H3. The molecule has 1 aliphatic heterocycles. The molecule has 6 heteroatoms. The summed E-state index contributed by atoms with van der Waals surface area (Å²) in [6.45, 7) is 6.34. The second kappa shape index (κ2) is 6.32. The Kier molecular flexibility index (Phi) is 4.67. The highest BCUT2D eigenvalue weighted by Gasteiger charge is 2.34. The number of aliphatic hydroxyl groups is 1. The van der Waals surface area contributed by atoms with Crippen LogP contribution in [0.4, 0.5) is 4.79 Å². The Bertz CT molecular complexity index is 576. The van der Waals surface area contributed by atoms with E-state index in [0.29, 0.717) is 31.5 Å². The highest BCUT2D eigenvalue weighted by Crippen LogP contribution is 2.23. The molecule has 2 rings (SSSR count). The highest BCUT2D eigenvalue weighted by atomic mass is 16.6. The summed E-state index contributed by atoms with van der Waals surface area (Å²) in [5.41, 5.74) is -0.947. The molecule has 1 amide bonds. The van der Waals surface area contributed by atoms with E-state index in [9.17, 15) is 9.90 Å². The van der Waals surface area contributed by atoms with Crippen molar-refractivity contribution >= 4 is 6.09 Å². The topological polar surface area (TPSA) is 75.5 Å². The first-order valence-electron chi connectivity index (χ1n) is 7.26. The van der Waals surface area contributed by atoms with E-state index in [0.717, 1.165) is 0 Å². The maximum atomic E-state index is 12.0. The predicted octanol–water partition coefficient (Wildman–Crippen LogP) is 1.59. The van der Waals surface area contributed by atoms with Gasteiger partial charge in [0.05, 0.1) is 5.56 Å². The monoisotopic (exact) mass is 303 g/mol. The zero-order chi connectivity index (χ0) is 16.2. The van der Waals surface area contributed by atoms with E-state index in [-0.39, 0.29) is 6.09 Å². The minimum Gasteiger partial charge on any atom is -0.444 e. The summed E-state index contributed by atoms with van der Waals surface area (Å²) in [7, 11) is 0. The van der Waals surface area contributed by atoms with Crippen LogP contribution in [-0.2, 0) is 4.74 Å². The number of aromatic nitrogens is 2. The smallest absolute Gasteiger partial charge is 0.410 e. The molecule has 1 aliphatic rings. The van der Waals surface area contributed by atoms with E-state index in [1.807, 2.05) is 20.8 Å². The number of carbonyl (C=O) groups excluding carboxylic acids is 1. The number of ether oxygens (including phenoxy) is 1. The van der Waals surface area contributed by atoms with Gasteiger partial charge in [0.15, 0.2) is 0 Å². The van der Waals surface area contributed by atoms with Crippen molar-refractivity contribution in [2.24, 2.45) is 0 Å². The fourth-order valence-electron chi connectivity index (χ4n) is 2.06. The molecular weight excluding hydrogens is 282 g/mol. The summed E-state index contributed by atoms with van der Waals surface area (Å²) in [5.74, 6) is 5.75. The van der Waals surface area contributed by atoms with Crippen molar-refractivity contribution < 1.29 is 14.6 Å². The lowest BCUT2D eigenvalue weighted by molar-refractivity contribution is -0.00513. The van der Waals surface area contributed by atoms with Crippen molar-refractivity contribution in [1.82, 2.24) is 14.9 Å². The van der Waals surface area contributed by atoms with Crippen LogP contribution in [0.5, 0.6) is 0 Å². The van der Waals surface area contributed by atoms with Crippen molar-refractivity contribution in [3.05, 3.63) is 24.3 Å². The van der Waals surface area contributed by atoms with Gasteiger partial charge >= 0.3 is 6.09 Å². The van der Waals surface area contributed by atoms with Crippen LogP contribution in [0, 0.1) is 11.8 Å². The van der Waals surface area contributed by atoms with E-state index >= 15 is 0 Å². The largest absolute Gasteiger partial charge is 0.444 e. The first kappa shape index (κ1) is 16.2. The molecule has 0 unspecified atom stereocenters. The van der Waals surface area contributed by atoms with Crippen LogP contribution in [0.25, 0.3) is 0 Å². The molecule has 6 nitrogen and oxygen atoms in total. The molecule has 2 heterocycles. The maximum absolute atomic E-state index is 12.0. The zero-order valence-corrected chi connectivity index (χ0v) is 13.2. The third-order valence-corrected chi connectivity index (χ3v) is 3.24. The molecule has 0 radical (unpaired) electrons. The average molecular weight is 303 g/mol. The first-order chi connectivity index (χ1) is 10.3. The van der Waals surface area contributed by atoms with E-state index in [4.69, 9.17) is 4.74 Å². The Morgan fingerprint density at radius 3 is 2.45 bits per heavy atom. The zero-order valence-electron chi connectivity index (χ0n) is 13.2. The van der Waals surface area contributed by atoms with Gasteiger partial charge in [0.25, 0.3) is 0 Å². The van der Waals surface area contributed by atoms with Gasteiger partial charge in [-0.1, -0.05) is 11.8 Å². The number of hydrogen-bond donors (Lipinski definition) is 1. The van der Waals surface area contributed by atoms with Crippen LogP contribution >= 0.6 is 0 Å². The van der Waals surface area contributed by atoms with E-state index in [2.05, 4.69) is 21.8 Å². The summed E-state index contributed by atoms with van der Waals surface area (Å²) in [6.07, 6.45) is 5.07. The Morgan fingerprint density at radius 2 is 1.91 bits per heavy atom. The maximum Gasteiger partial charge on any atom is 0.410 e. The first-order valence-corrected chi connectivity index (χ1v) is 7.26. The van der Waals surface area contributed by atoms with Gasteiger partial charge in [0.1, 0.15) is 17.5 Å². The molecule has 0 saturated carbocycles. The quantitative estimate of drug-likeness (QED) is 0.737. The van der Waals surface area contributed by atoms with Crippen molar-refractivity contribution in [2.45, 2.75) is 44.8 Å². The Hall–Kier alpha value is -2.13. The van der Waals surface area contributed by atoms with E-state index in [1.165, 1.54) is 6.33 Å². The number of nitrogens with zero attached hydrogens (tertiary/aromatic N) is 3. The van der Waals surface area contributed by atoms with Crippen LogP contribution in [-0.4, -0.2) is 50.4 Å². The number of piperidine rings is 1. The molecule has 22 heavy (non-hydrogen) atoms. The van der Waals surface area contributed by atoms with Crippen LogP contribution < -0.4 is 0 Å². The van der Waals surface area contributed by atoms with Crippen molar-refractivity contribution in [3.8, 4) is 11.8 Å². The van der Waals surface area contributed by atoms with Crippen molar-refractivity contribution in [1.29, 1.82) is 0 Å². The lowest BCUT2D eigenvalue weighted by Gasteiger charge is -2.35. The van der Waals surface area contributed by atoms with Gasteiger partial charge in [-0.2, -0.15) is 0 Å². The lowest BCUT2D eigenvalue weighted by Crippen LogP contribution is -2.47. The van der Waals surface area contributed by atoms with Gasteiger partial charge in [-0.25, -0.2) is 14.8 Å². The van der Waals surface area contributed by atoms with Crippen LogP contribution in [0.1, 0.15) is 39.2 Å². The number of amides is 1. The van der Waals surface area contributed by atoms with Gasteiger partial charge in [-0.05, 0) is 20.8 Å². The SMILES string of the molecule is CC(C)(C)OC(=O)N1CCC(O)(C#Cc2cncnc2)CC1. The average Bonchev–Trinajstić information content (AvgIpc) is 2.45. The molecule has 1 aromatic heterocycles. The predicted molar refractivity (Wildman–Crippen MR) is 80.9 cm³/mol. The molecule has 1 fully saturated rings. The molecule has 0 aromatic carbocycles. The molecule has 0 bridgehead atoms. The fraction of sp³-hybridized carbons (Fsp3) is 0.562. The van der Waals surface area contributed by atoms with Gasteiger partial charge < -0.3 is 14.7 Å². The van der Waals surface area contributed by atoms with Crippen LogP contribution in [0.15, 0.2) is 18.7 Å². The molecule has 1 N–H and O–H groups in total. The molecule has 0 aliphatic carbocycles. The van der Waals surface area contributed by atoms with Crippen molar-refractivity contribution in [2.75, 3.05) is 13.1 Å². The third-order valence-electron chi connectivity index (χ3n) is 3.24. The lowest BCUT2D eigenvalue weighted by atomic mass is 9.92. The summed E-state index contributed by atoms with van der Waals surface area (Å²) < 4.78 is 5.33. The number of likely N-dealkylation sites (tertiary alicyclic amines) is 1. The second-order valence-electron chi connectivity index (χ2n) is 6.38. The minimum atomic E-state index is -1.09. The van der Waals surface area contributed by atoms with Gasteiger partial charge in [-0.3, -0.25) is 0 Å². The molecule has 1 aromatic rings. The number of hydrogen-bond acceptors (Lipinski definition) is 5. The van der Waals surface area contributed by atoms with Gasteiger partial charge in [-0.15, -0.1) is 0 Å². The minimum absolute atomic E-state index is 0.348. The van der Waals surface area contributed by atoms with E-state index in [1.54, 1.807) is 17.3 Å². The molecule has 1 saturated heterocycles. The van der Waals surface area contributed by atoms with Gasteiger partial charge in [0.2, 0.25) is 0 Å². The Labute approximate surface area is 130 Å². The number of carbonyl (C=O) groups is 1. The Balaban J connectivity index is 1.94. The molecule has 0 atom stereocenters. The number of rotatable bonds is 0. The third kappa shape index (κ3) is 4.71. The fourth-order valence-corrected chi connectivity index (χ4v) is 2.06. The van der Waals surface area contributed by atoms with Crippen molar-refractivity contribution in [3.63, 3.8) is 0 Å². The van der Waals surface area contributed by atoms with Gasteiger partial charge in [0, 0.05) is 38.3 Å². The highest BCUT2D eigenvalue weighted by molar-refractivity contribution is 5.68. The summed E-state index contributed by atoms with van der Waals surface area (Å²) >= 11 is 0. The molecule has 118 valence electrons. The summed E-state index contributed by atoms with van der Waals surface area (Å²) in [5, 5.41) is 10.5. The molecule has 0 spiro atoms. The Morgan fingerprint density at radius 1 is 1.32 bits per heavy atom. The van der Waals surface area contributed by atoms with E-state index < -0.39 is 11.2 Å². The van der Waals surface area contributed by atoms with Crippen LogP contribution in [0.2, 0.25) is 0 Å².